The van der Waals surface area contributed by atoms with Gasteiger partial charge in [0.25, 0.3) is 5.91 Å². The van der Waals surface area contributed by atoms with Gasteiger partial charge in [-0.1, -0.05) is 24.3 Å². The van der Waals surface area contributed by atoms with Gasteiger partial charge in [0.15, 0.2) is 11.6 Å². The fraction of sp³-hybridized carbons (Fsp3) is 0.0833. The third-order valence-corrected chi connectivity index (χ3v) is 5.77. The number of carbonyl (C=O) groups excluding carboxylic acids is 2. The van der Waals surface area contributed by atoms with E-state index in [0.29, 0.717) is 17.0 Å². The number of benzene rings is 3. The number of halogens is 5. The van der Waals surface area contributed by atoms with E-state index in [2.05, 4.69) is 9.97 Å². The maximum Gasteiger partial charge on any atom is 0.491 e. The van der Waals surface area contributed by atoms with Crippen LogP contribution in [0.4, 0.5) is 38.4 Å². The Hall–Kier alpha value is -5.01. The lowest BCUT2D eigenvalue weighted by molar-refractivity contribution is -0.211. The topological polar surface area (TPSA) is 125 Å². The van der Waals surface area contributed by atoms with Crippen molar-refractivity contribution in [2.24, 2.45) is 0 Å². The first kappa shape index (κ1) is 24.7. The van der Waals surface area contributed by atoms with E-state index in [1.807, 2.05) is 5.32 Å². The number of carbonyl (C=O) groups is 3. The summed E-state index contributed by atoms with van der Waals surface area (Å²) in [7, 11) is 0. The Kier molecular flexibility index (Phi) is 5.54. The summed E-state index contributed by atoms with van der Waals surface area (Å²) >= 11 is 0. The molecule has 0 bridgehead atoms. The first-order chi connectivity index (χ1) is 17.9. The number of fused-ring (bicyclic) bond motifs is 2. The van der Waals surface area contributed by atoms with Crippen LogP contribution in [0.3, 0.4) is 0 Å². The number of aromatic amines is 1. The van der Waals surface area contributed by atoms with Crippen molar-refractivity contribution >= 4 is 40.6 Å². The van der Waals surface area contributed by atoms with Crippen LogP contribution in [0.25, 0.3) is 11.0 Å². The van der Waals surface area contributed by atoms with Crippen LogP contribution in [0, 0.1) is 11.6 Å². The van der Waals surface area contributed by atoms with Crippen LogP contribution in [-0.2, 0) is 15.3 Å². The molecule has 14 heteroatoms. The van der Waals surface area contributed by atoms with E-state index in [4.69, 9.17) is 9.84 Å². The third kappa shape index (κ3) is 3.86. The molecule has 0 saturated carbocycles. The van der Waals surface area contributed by atoms with Crippen molar-refractivity contribution in [2.75, 3.05) is 10.2 Å². The lowest BCUT2D eigenvalue weighted by Gasteiger charge is -2.38. The van der Waals surface area contributed by atoms with Gasteiger partial charge < -0.3 is 14.8 Å². The zero-order chi connectivity index (χ0) is 27.4. The van der Waals surface area contributed by atoms with Gasteiger partial charge in [-0.25, -0.2) is 23.4 Å². The number of hydrogen-bond donors (Lipinski definition) is 3. The molecule has 3 aromatic carbocycles. The third-order valence-electron chi connectivity index (χ3n) is 5.77. The summed E-state index contributed by atoms with van der Waals surface area (Å²) in [5, 5.41) is 10.9. The van der Waals surface area contributed by atoms with E-state index in [1.165, 1.54) is 42.5 Å². The summed E-state index contributed by atoms with van der Waals surface area (Å²) in [6.07, 6.45) is -6.94. The molecule has 1 unspecified atom stereocenters. The molecule has 3 N–H and O–H groups in total. The highest BCUT2D eigenvalue weighted by Gasteiger charge is 2.58. The van der Waals surface area contributed by atoms with Gasteiger partial charge >= 0.3 is 18.2 Å². The Morgan fingerprint density at radius 3 is 2.45 bits per heavy atom. The molecule has 0 fully saturated rings. The quantitative estimate of drug-likeness (QED) is 0.254. The number of alkyl halides is 3. The summed E-state index contributed by atoms with van der Waals surface area (Å²) in [4.78, 5) is 44.1. The number of H-pyrrole nitrogens is 1. The number of imidazole rings is 1. The monoisotopic (exact) mass is 532 g/mol. The van der Waals surface area contributed by atoms with E-state index in [9.17, 15) is 36.3 Å². The summed E-state index contributed by atoms with van der Waals surface area (Å²) in [6.45, 7) is 0. The Balaban J connectivity index is 1.81. The molecule has 4 aromatic rings. The standard InChI is InChI=1S/C24H13F5N4O5/c25-15-7-6-12(10-16(15)26)33-19(34)13-3-1-2-4-14(13)23(33,38-20(35)24(27,28)29)11-5-8-17-18(9-11)31-21(30-17)32-22(36)37/h1-10H,(H,36,37)(H2,30,31,32). The molecule has 0 saturated heterocycles. The van der Waals surface area contributed by atoms with Gasteiger partial charge in [0.05, 0.1) is 16.7 Å². The van der Waals surface area contributed by atoms with Crippen LogP contribution in [-0.4, -0.2) is 39.2 Å². The molecule has 1 aromatic heterocycles. The minimum Gasteiger partial charge on any atom is -0.465 e. The van der Waals surface area contributed by atoms with Crippen molar-refractivity contribution in [3.05, 3.63) is 89.0 Å². The summed E-state index contributed by atoms with van der Waals surface area (Å²) in [6, 6.07) is 11.2. The van der Waals surface area contributed by atoms with Gasteiger partial charge in [0.1, 0.15) is 0 Å². The minimum absolute atomic E-state index is 0.0238. The summed E-state index contributed by atoms with van der Waals surface area (Å²) in [5.41, 5.74) is -3.36. The Labute approximate surface area is 208 Å². The SMILES string of the molecule is O=C(O)Nc1nc2cc(C3(OC(=O)C(F)(F)F)c4ccccc4C(=O)N3c3ccc(F)c(F)c3)ccc2[nH]1. The molecule has 2 heterocycles. The van der Waals surface area contributed by atoms with Crippen molar-refractivity contribution < 1.29 is 46.2 Å². The van der Waals surface area contributed by atoms with Crippen LogP contribution in [0.1, 0.15) is 21.5 Å². The maximum atomic E-state index is 14.2. The highest BCUT2D eigenvalue weighted by Crippen LogP contribution is 2.49. The van der Waals surface area contributed by atoms with Crippen molar-refractivity contribution in [3.63, 3.8) is 0 Å². The highest BCUT2D eigenvalue weighted by atomic mass is 19.4. The maximum absolute atomic E-state index is 14.2. The largest absolute Gasteiger partial charge is 0.491 e. The van der Waals surface area contributed by atoms with E-state index in [-0.39, 0.29) is 33.7 Å². The molecule has 9 nitrogen and oxygen atoms in total. The zero-order valence-electron chi connectivity index (χ0n) is 18.6. The zero-order valence-corrected chi connectivity index (χ0v) is 18.6. The lowest BCUT2D eigenvalue weighted by Crippen LogP contribution is -2.50. The van der Waals surface area contributed by atoms with Crippen molar-refractivity contribution in [1.29, 1.82) is 0 Å². The van der Waals surface area contributed by atoms with Crippen molar-refractivity contribution in [3.8, 4) is 0 Å². The predicted molar refractivity (Wildman–Crippen MR) is 120 cm³/mol. The number of ether oxygens (including phenoxy) is 1. The van der Waals surface area contributed by atoms with Gasteiger partial charge in [0, 0.05) is 22.8 Å². The lowest BCUT2D eigenvalue weighted by atomic mass is 9.92. The Bertz CT molecular complexity index is 1640. The number of nitrogens with one attached hydrogen (secondary N) is 2. The van der Waals surface area contributed by atoms with Gasteiger partial charge in [-0.15, -0.1) is 0 Å². The molecule has 194 valence electrons. The van der Waals surface area contributed by atoms with Crippen molar-refractivity contribution in [2.45, 2.75) is 11.9 Å². The second-order valence-corrected chi connectivity index (χ2v) is 8.06. The number of anilines is 2. The average Bonchev–Trinajstić information content (AvgIpc) is 3.36. The summed E-state index contributed by atoms with van der Waals surface area (Å²) < 4.78 is 73.6. The first-order valence-corrected chi connectivity index (χ1v) is 10.6. The van der Waals surface area contributed by atoms with E-state index >= 15 is 0 Å². The van der Waals surface area contributed by atoms with Crippen LogP contribution in [0.5, 0.6) is 0 Å². The number of rotatable bonds is 4. The van der Waals surface area contributed by atoms with Gasteiger partial charge in [-0.3, -0.25) is 15.0 Å². The normalized spacial score (nSPS) is 17.0. The van der Waals surface area contributed by atoms with E-state index in [0.717, 1.165) is 6.07 Å². The number of aromatic nitrogens is 2. The predicted octanol–water partition coefficient (Wildman–Crippen LogP) is 4.90. The molecule has 1 aliphatic heterocycles. The molecule has 1 aliphatic rings. The number of hydrogen-bond acceptors (Lipinski definition) is 5. The minimum atomic E-state index is -5.50. The molecular weight excluding hydrogens is 519 g/mol. The second kappa shape index (κ2) is 8.54. The van der Waals surface area contributed by atoms with E-state index < -0.39 is 47.2 Å². The van der Waals surface area contributed by atoms with Crippen LogP contribution >= 0.6 is 0 Å². The molecule has 0 radical (unpaired) electrons. The highest BCUT2D eigenvalue weighted by molar-refractivity contribution is 6.13. The molecule has 5 rings (SSSR count). The molecule has 0 aliphatic carbocycles. The first-order valence-electron chi connectivity index (χ1n) is 10.6. The van der Waals surface area contributed by atoms with Gasteiger partial charge in [-0.2, -0.15) is 13.2 Å². The van der Waals surface area contributed by atoms with Crippen LogP contribution < -0.4 is 10.2 Å². The molecule has 0 spiro atoms. The fourth-order valence-corrected chi connectivity index (χ4v) is 4.29. The van der Waals surface area contributed by atoms with Crippen LogP contribution in [0.15, 0.2) is 60.7 Å². The molecule has 38 heavy (non-hydrogen) atoms. The number of amides is 2. The van der Waals surface area contributed by atoms with E-state index in [1.54, 1.807) is 0 Å². The Morgan fingerprint density at radius 2 is 1.76 bits per heavy atom. The molecule has 1 atom stereocenters. The van der Waals surface area contributed by atoms with Crippen LogP contribution in [0.2, 0.25) is 0 Å². The number of nitrogens with zero attached hydrogens (tertiary/aromatic N) is 2. The van der Waals surface area contributed by atoms with Crippen molar-refractivity contribution in [1.82, 2.24) is 9.97 Å². The summed E-state index contributed by atoms with van der Waals surface area (Å²) in [5.74, 6) is -6.53. The number of esters is 1. The number of carboxylic acid groups (broad SMARTS) is 1. The van der Waals surface area contributed by atoms with Gasteiger partial charge in [0.2, 0.25) is 11.7 Å². The van der Waals surface area contributed by atoms with Gasteiger partial charge in [-0.05, 0) is 30.3 Å². The molecular formula is C24H13F5N4O5. The second-order valence-electron chi connectivity index (χ2n) is 8.06. The smallest absolute Gasteiger partial charge is 0.465 e. The fourth-order valence-electron chi connectivity index (χ4n) is 4.29. The molecule has 2 amide bonds. The average molecular weight is 532 g/mol. The Morgan fingerprint density at radius 1 is 1.03 bits per heavy atom.